The van der Waals surface area contributed by atoms with Crippen LogP contribution in [0.25, 0.3) is 0 Å². The number of carbonyl (C=O) groups is 2. The standard InChI is InChI=1S/C17H23N3O4/c18-17(22)12-4-6-20(7-5-12)11-16(21)19-13-2-3-14-15(10-13)24-9-1-8-23-14/h2-3,10,12H,1,4-9,11H2,(H2,18,22)(H,19,21)/p+1. The number of nitrogens with one attached hydrogen (secondary N) is 2. The quantitative estimate of drug-likeness (QED) is 0.696. The van der Waals surface area contributed by atoms with Crippen molar-refractivity contribution in [1.82, 2.24) is 0 Å². The topological polar surface area (TPSA) is 95.1 Å². The molecule has 0 aliphatic carbocycles. The Morgan fingerprint density at radius 1 is 1.17 bits per heavy atom. The molecular formula is C17H24N3O4+. The van der Waals surface area contributed by atoms with Crippen LogP contribution in [0.3, 0.4) is 0 Å². The minimum atomic E-state index is -0.231. The van der Waals surface area contributed by atoms with E-state index in [1.807, 2.05) is 12.1 Å². The number of carbonyl (C=O) groups excluding carboxylic acids is 2. The van der Waals surface area contributed by atoms with Crippen LogP contribution in [-0.4, -0.2) is 44.7 Å². The molecule has 1 saturated heterocycles. The van der Waals surface area contributed by atoms with Gasteiger partial charge in [-0.3, -0.25) is 9.59 Å². The Morgan fingerprint density at radius 2 is 1.88 bits per heavy atom. The molecule has 0 spiro atoms. The van der Waals surface area contributed by atoms with Crippen LogP contribution in [0.1, 0.15) is 19.3 Å². The number of amides is 2. The molecule has 2 aliphatic rings. The second kappa shape index (κ2) is 7.53. The molecule has 1 aromatic rings. The number of likely N-dealkylation sites (tertiary alicyclic amines) is 1. The molecule has 4 N–H and O–H groups in total. The number of primary amides is 1. The first-order valence-electron chi connectivity index (χ1n) is 8.44. The van der Waals surface area contributed by atoms with Crippen molar-refractivity contribution in [1.29, 1.82) is 0 Å². The summed E-state index contributed by atoms with van der Waals surface area (Å²) in [5.74, 6) is 1.06. The lowest BCUT2D eigenvalue weighted by molar-refractivity contribution is -0.897. The van der Waals surface area contributed by atoms with Gasteiger partial charge in [-0.25, -0.2) is 0 Å². The van der Waals surface area contributed by atoms with Gasteiger partial charge in [-0.05, 0) is 12.1 Å². The molecule has 2 aliphatic heterocycles. The second-order valence-corrected chi connectivity index (χ2v) is 6.36. The molecule has 0 bridgehead atoms. The van der Waals surface area contributed by atoms with Crippen LogP contribution in [0.2, 0.25) is 0 Å². The number of fused-ring (bicyclic) bond motifs is 1. The van der Waals surface area contributed by atoms with E-state index in [0.717, 1.165) is 32.4 Å². The third-order valence-corrected chi connectivity index (χ3v) is 4.54. The Labute approximate surface area is 141 Å². The first-order valence-corrected chi connectivity index (χ1v) is 8.44. The van der Waals surface area contributed by atoms with Gasteiger partial charge in [0.15, 0.2) is 18.0 Å². The van der Waals surface area contributed by atoms with Crippen LogP contribution >= 0.6 is 0 Å². The van der Waals surface area contributed by atoms with Gasteiger partial charge in [-0.1, -0.05) is 0 Å². The predicted octanol–water partition coefficient (Wildman–Crippen LogP) is -0.433. The van der Waals surface area contributed by atoms with Gasteiger partial charge in [-0.2, -0.15) is 0 Å². The number of nitrogens with two attached hydrogens (primary N) is 1. The number of anilines is 1. The largest absolute Gasteiger partial charge is 0.490 e. The normalized spacial score (nSPS) is 23.2. The number of piperidine rings is 1. The molecule has 0 saturated carbocycles. The molecule has 1 fully saturated rings. The van der Waals surface area contributed by atoms with E-state index < -0.39 is 0 Å². The zero-order chi connectivity index (χ0) is 16.9. The molecular weight excluding hydrogens is 310 g/mol. The number of rotatable bonds is 4. The number of hydrogen-bond donors (Lipinski definition) is 3. The molecule has 0 radical (unpaired) electrons. The maximum Gasteiger partial charge on any atom is 0.279 e. The van der Waals surface area contributed by atoms with E-state index in [1.165, 1.54) is 4.90 Å². The highest BCUT2D eigenvalue weighted by molar-refractivity contribution is 5.91. The van der Waals surface area contributed by atoms with Gasteiger partial charge < -0.3 is 25.4 Å². The molecule has 2 amide bonds. The fraction of sp³-hybridized carbons (Fsp3) is 0.529. The van der Waals surface area contributed by atoms with E-state index in [1.54, 1.807) is 6.07 Å². The lowest BCUT2D eigenvalue weighted by Crippen LogP contribution is -3.14. The lowest BCUT2D eigenvalue weighted by atomic mass is 9.96. The van der Waals surface area contributed by atoms with E-state index in [4.69, 9.17) is 15.2 Å². The molecule has 2 heterocycles. The van der Waals surface area contributed by atoms with Crippen LogP contribution in [-0.2, 0) is 9.59 Å². The van der Waals surface area contributed by atoms with E-state index in [-0.39, 0.29) is 17.7 Å². The first kappa shape index (κ1) is 16.6. The number of benzene rings is 1. The molecule has 24 heavy (non-hydrogen) atoms. The van der Waals surface area contributed by atoms with Crippen LogP contribution in [0, 0.1) is 5.92 Å². The fourth-order valence-electron chi connectivity index (χ4n) is 3.16. The molecule has 0 aromatic heterocycles. The highest BCUT2D eigenvalue weighted by Gasteiger charge is 2.27. The molecule has 7 nitrogen and oxygen atoms in total. The van der Waals surface area contributed by atoms with Crippen LogP contribution in [0.4, 0.5) is 5.69 Å². The van der Waals surface area contributed by atoms with Gasteiger partial charge >= 0.3 is 0 Å². The van der Waals surface area contributed by atoms with Gasteiger partial charge in [0.2, 0.25) is 5.91 Å². The Balaban J connectivity index is 1.52. The van der Waals surface area contributed by atoms with Gasteiger partial charge in [-0.15, -0.1) is 0 Å². The molecule has 0 unspecified atom stereocenters. The summed E-state index contributed by atoms with van der Waals surface area (Å²) in [6, 6.07) is 5.44. The summed E-state index contributed by atoms with van der Waals surface area (Å²) >= 11 is 0. The minimum absolute atomic E-state index is 0.0430. The Kier molecular flexibility index (Phi) is 5.20. The summed E-state index contributed by atoms with van der Waals surface area (Å²) in [5.41, 5.74) is 6.04. The van der Waals surface area contributed by atoms with E-state index in [0.29, 0.717) is 36.9 Å². The van der Waals surface area contributed by atoms with Crippen molar-refractivity contribution >= 4 is 17.5 Å². The number of quaternary nitrogens is 1. The minimum Gasteiger partial charge on any atom is -0.490 e. The van der Waals surface area contributed by atoms with Crippen molar-refractivity contribution in [2.75, 3.05) is 38.2 Å². The van der Waals surface area contributed by atoms with Crippen molar-refractivity contribution in [2.45, 2.75) is 19.3 Å². The second-order valence-electron chi connectivity index (χ2n) is 6.36. The zero-order valence-electron chi connectivity index (χ0n) is 13.7. The average Bonchev–Trinajstić information content (AvgIpc) is 2.80. The van der Waals surface area contributed by atoms with Crippen molar-refractivity contribution in [3.05, 3.63) is 18.2 Å². The van der Waals surface area contributed by atoms with Gasteiger partial charge in [0, 0.05) is 36.9 Å². The predicted molar refractivity (Wildman–Crippen MR) is 88.2 cm³/mol. The lowest BCUT2D eigenvalue weighted by Gasteiger charge is -2.27. The Morgan fingerprint density at radius 3 is 2.58 bits per heavy atom. The van der Waals surface area contributed by atoms with Crippen LogP contribution in [0.15, 0.2) is 18.2 Å². The summed E-state index contributed by atoms with van der Waals surface area (Å²) in [5, 5.41) is 2.91. The Hall–Kier alpha value is -2.28. The maximum absolute atomic E-state index is 12.2. The van der Waals surface area contributed by atoms with Crippen molar-refractivity contribution in [3.8, 4) is 11.5 Å². The van der Waals surface area contributed by atoms with Crippen molar-refractivity contribution in [2.24, 2.45) is 11.7 Å². The summed E-state index contributed by atoms with van der Waals surface area (Å²) in [6.45, 7) is 3.23. The monoisotopic (exact) mass is 334 g/mol. The molecule has 3 rings (SSSR count). The van der Waals surface area contributed by atoms with Gasteiger partial charge in [0.1, 0.15) is 0 Å². The Bertz CT molecular complexity index is 612. The smallest absolute Gasteiger partial charge is 0.279 e. The van der Waals surface area contributed by atoms with Crippen LogP contribution < -0.4 is 25.4 Å². The summed E-state index contributed by atoms with van der Waals surface area (Å²) in [4.78, 5) is 24.6. The van der Waals surface area contributed by atoms with E-state index in [9.17, 15) is 9.59 Å². The van der Waals surface area contributed by atoms with Gasteiger partial charge in [0.05, 0.1) is 26.3 Å². The zero-order valence-corrected chi connectivity index (χ0v) is 13.7. The third-order valence-electron chi connectivity index (χ3n) is 4.54. The first-order chi connectivity index (χ1) is 11.6. The highest BCUT2D eigenvalue weighted by Crippen LogP contribution is 2.32. The average molecular weight is 334 g/mol. The summed E-state index contributed by atoms with van der Waals surface area (Å²) < 4.78 is 11.2. The fourth-order valence-corrected chi connectivity index (χ4v) is 3.16. The summed E-state index contributed by atoms with van der Waals surface area (Å²) in [6.07, 6.45) is 2.35. The molecule has 130 valence electrons. The SMILES string of the molecule is NC(=O)C1CC[NH+](CC(=O)Nc2ccc3c(c2)OCCCO3)CC1. The van der Waals surface area contributed by atoms with Crippen molar-refractivity contribution < 1.29 is 24.0 Å². The van der Waals surface area contributed by atoms with E-state index >= 15 is 0 Å². The van der Waals surface area contributed by atoms with Crippen LogP contribution in [0.5, 0.6) is 11.5 Å². The molecule has 1 aromatic carbocycles. The van der Waals surface area contributed by atoms with Gasteiger partial charge in [0.25, 0.3) is 5.91 Å². The third kappa shape index (κ3) is 4.17. The highest BCUT2D eigenvalue weighted by atomic mass is 16.5. The molecule has 0 atom stereocenters. The summed E-state index contributed by atoms with van der Waals surface area (Å²) in [7, 11) is 0. The number of hydrogen-bond acceptors (Lipinski definition) is 4. The molecule has 7 heteroatoms. The van der Waals surface area contributed by atoms with E-state index in [2.05, 4.69) is 5.32 Å². The number of ether oxygens (including phenoxy) is 2. The maximum atomic E-state index is 12.2. The van der Waals surface area contributed by atoms with Crippen molar-refractivity contribution in [3.63, 3.8) is 0 Å².